The number of ether oxygens (including phenoxy) is 2. The Morgan fingerprint density at radius 1 is 0.943 bits per heavy atom. The molecule has 2 aliphatic heterocycles. The van der Waals surface area contributed by atoms with Crippen LogP contribution in [0.4, 0.5) is 20.6 Å². The zero-order valence-electron chi connectivity index (χ0n) is 30.0. The van der Waals surface area contributed by atoms with Crippen molar-refractivity contribution < 1.29 is 23.5 Å². The van der Waals surface area contributed by atoms with Gasteiger partial charge in [0, 0.05) is 24.8 Å². The first-order valence-corrected chi connectivity index (χ1v) is 18.9. The minimum absolute atomic E-state index is 0.0895. The molecule has 53 heavy (non-hydrogen) atoms. The number of halogens is 1. The number of nitrogens with one attached hydrogen (secondary N) is 2. The van der Waals surface area contributed by atoms with E-state index in [0.29, 0.717) is 90.8 Å². The molecule has 4 aliphatic rings. The first-order valence-electron chi connectivity index (χ1n) is 18.9. The molecule has 2 aliphatic carbocycles. The lowest BCUT2D eigenvalue weighted by atomic mass is 10.1. The predicted molar refractivity (Wildman–Crippen MR) is 201 cm³/mol. The summed E-state index contributed by atoms with van der Waals surface area (Å²) in [5.41, 5.74) is 1.12. The van der Waals surface area contributed by atoms with Crippen molar-refractivity contribution in [3.05, 3.63) is 88.7 Å². The van der Waals surface area contributed by atoms with Crippen molar-refractivity contribution in [2.45, 2.75) is 57.5 Å². The van der Waals surface area contributed by atoms with Gasteiger partial charge in [-0.1, -0.05) is 12.1 Å². The van der Waals surface area contributed by atoms with E-state index < -0.39 is 17.9 Å². The van der Waals surface area contributed by atoms with Gasteiger partial charge in [-0.25, -0.2) is 18.8 Å². The van der Waals surface area contributed by atoms with Crippen LogP contribution in [0.3, 0.4) is 0 Å². The number of carbonyl (C=O) groups is 2. The smallest absolute Gasteiger partial charge is 0.327 e. The Labute approximate surface area is 307 Å². The Morgan fingerprint density at radius 2 is 1.66 bits per heavy atom. The maximum Gasteiger partial charge on any atom is 0.327 e. The van der Waals surface area contributed by atoms with E-state index in [0.717, 1.165) is 45.1 Å². The van der Waals surface area contributed by atoms with Gasteiger partial charge in [0.1, 0.15) is 17.3 Å². The van der Waals surface area contributed by atoms with Crippen LogP contribution in [0.25, 0.3) is 10.9 Å². The molecule has 3 amide bonds. The van der Waals surface area contributed by atoms with E-state index in [1.165, 1.54) is 24.3 Å². The molecule has 2 saturated heterocycles. The molecule has 8 rings (SSSR count). The maximum atomic E-state index is 14.6. The molecule has 0 spiro atoms. The molecule has 3 heterocycles. The summed E-state index contributed by atoms with van der Waals surface area (Å²) in [7, 11) is 0. The summed E-state index contributed by atoms with van der Waals surface area (Å²) in [5, 5.41) is 8.61. The molecule has 0 radical (unpaired) electrons. The summed E-state index contributed by atoms with van der Waals surface area (Å²) >= 11 is 0. The van der Waals surface area contributed by atoms with Gasteiger partial charge in [0.15, 0.2) is 5.82 Å². The van der Waals surface area contributed by atoms with Crippen LogP contribution in [-0.4, -0.2) is 78.5 Å². The number of hydrogen-bond acceptors (Lipinski definition) is 8. The molecule has 1 unspecified atom stereocenters. The van der Waals surface area contributed by atoms with Crippen molar-refractivity contribution in [1.82, 2.24) is 19.9 Å². The molecule has 2 atom stereocenters. The van der Waals surface area contributed by atoms with Gasteiger partial charge in [0.05, 0.1) is 55.0 Å². The van der Waals surface area contributed by atoms with Gasteiger partial charge < -0.3 is 30.0 Å². The van der Waals surface area contributed by atoms with Crippen LogP contribution in [-0.2, 0) is 4.79 Å². The lowest BCUT2D eigenvalue weighted by Gasteiger charge is -2.40. The highest BCUT2D eigenvalue weighted by molar-refractivity contribution is 6.03. The second-order valence-electron chi connectivity index (χ2n) is 14.7. The SMILES string of the molecule is CC(c1nc2ccccc2c(=O)n1N1CCN(C(=O)[C@@H]2CCCN2)CC1)N(C(=O)Nc1ccc(F)cc1)c1ccc(OCC2CC2)cc1OCC1CC1. The highest BCUT2D eigenvalue weighted by Crippen LogP contribution is 2.40. The standard InChI is InChI=1S/C40H46FN7O5/c1-26(37-44-33-6-3-2-5-32(33)38(49)48(37)46-21-19-45(20-22-46)39(50)34-7-4-18-42-34)47(40(51)43-30-14-12-29(41)13-15-30)35-17-16-31(52-24-27-8-9-27)23-36(35)53-25-28-10-11-28/h2-3,5-6,12-17,23,26-28,34,42H,4,7-11,18-22,24-25H2,1H3,(H,43,51)/t26?,34-/m0/s1. The number of rotatable bonds is 12. The number of aromatic nitrogens is 2. The number of benzene rings is 3. The fourth-order valence-corrected chi connectivity index (χ4v) is 7.13. The molecule has 0 bridgehead atoms. The molecule has 4 fully saturated rings. The Balaban J connectivity index is 1.18. The van der Waals surface area contributed by atoms with E-state index in [1.807, 2.05) is 47.2 Å². The molecule has 12 nitrogen and oxygen atoms in total. The fourth-order valence-electron chi connectivity index (χ4n) is 7.13. The van der Waals surface area contributed by atoms with Crippen molar-refractivity contribution in [2.75, 3.05) is 61.2 Å². The molecule has 13 heteroatoms. The van der Waals surface area contributed by atoms with Crippen LogP contribution >= 0.6 is 0 Å². The van der Waals surface area contributed by atoms with Gasteiger partial charge in [0.2, 0.25) is 5.91 Å². The van der Waals surface area contributed by atoms with Crippen LogP contribution in [0.2, 0.25) is 0 Å². The van der Waals surface area contributed by atoms with Crippen LogP contribution < -0.4 is 35.6 Å². The number of amides is 3. The maximum absolute atomic E-state index is 14.6. The Bertz CT molecular complexity index is 2020. The molecular formula is C40H46FN7O5. The molecule has 2 saturated carbocycles. The second-order valence-corrected chi connectivity index (χ2v) is 14.7. The third-order valence-corrected chi connectivity index (χ3v) is 10.6. The zero-order valence-corrected chi connectivity index (χ0v) is 30.0. The van der Waals surface area contributed by atoms with Crippen LogP contribution in [0.5, 0.6) is 11.5 Å². The third kappa shape index (κ3) is 7.80. The van der Waals surface area contributed by atoms with Crippen molar-refractivity contribution in [2.24, 2.45) is 11.8 Å². The average Bonchev–Trinajstić information content (AvgIpc) is 4.12. The molecule has 4 aromatic rings. The molecule has 3 aromatic carbocycles. The number of urea groups is 1. The van der Waals surface area contributed by atoms with E-state index in [9.17, 15) is 18.8 Å². The summed E-state index contributed by atoms with van der Waals surface area (Å²) in [6, 6.07) is 16.8. The summed E-state index contributed by atoms with van der Waals surface area (Å²) in [5.74, 6) is 2.15. The largest absolute Gasteiger partial charge is 0.493 e. The Hall–Kier alpha value is -5.17. The number of hydrogen-bond donors (Lipinski definition) is 2. The van der Waals surface area contributed by atoms with Gasteiger partial charge in [-0.15, -0.1) is 0 Å². The normalized spacial score (nSPS) is 19.2. The summed E-state index contributed by atoms with van der Waals surface area (Å²) in [4.78, 5) is 50.7. The van der Waals surface area contributed by atoms with Crippen molar-refractivity contribution in [3.8, 4) is 11.5 Å². The first kappa shape index (κ1) is 34.9. The van der Waals surface area contributed by atoms with Crippen LogP contribution in [0.1, 0.15) is 57.3 Å². The number of carbonyl (C=O) groups excluding carboxylic acids is 2. The highest BCUT2D eigenvalue weighted by Gasteiger charge is 2.35. The van der Waals surface area contributed by atoms with Crippen LogP contribution in [0.15, 0.2) is 71.5 Å². The van der Waals surface area contributed by atoms with E-state index >= 15 is 0 Å². The van der Waals surface area contributed by atoms with Gasteiger partial charge in [-0.2, -0.15) is 0 Å². The lowest BCUT2D eigenvalue weighted by molar-refractivity contribution is -0.133. The fraction of sp³-hybridized carbons (Fsp3) is 0.450. The summed E-state index contributed by atoms with van der Waals surface area (Å²) < 4.78 is 28.0. The molecule has 1 aromatic heterocycles. The number of para-hydroxylation sites is 1. The predicted octanol–water partition coefficient (Wildman–Crippen LogP) is 5.45. The topological polar surface area (TPSA) is 121 Å². The average molecular weight is 724 g/mol. The Morgan fingerprint density at radius 3 is 2.36 bits per heavy atom. The van der Waals surface area contributed by atoms with E-state index in [4.69, 9.17) is 14.5 Å². The van der Waals surface area contributed by atoms with Crippen molar-refractivity contribution >= 4 is 34.2 Å². The van der Waals surface area contributed by atoms with Gasteiger partial charge in [-0.3, -0.25) is 14.5 Å². The van der Waals surface area contributed by atoms with E-state index in [2.05, 4.69) is 10.6 Å². The van der Waals surface area contributed by atoms with Crippen molar-refractivity contribution in [1.29, 1.82) is 0 Å². The lowest BCUT2D eigenvalue weighted by Crippen LogP contribution is -2.58. The Kier molecular flexibility index (Phi) is 9.91. The quantitative estimate of drug-likeness (QED) is 0.198. The minimum Gasteiger partial charge on any atom is -0.493 e. The third-order valence-electron chi connectivity index (χ3n) is 10.6. The molecule has 278 valence electrons. The number of nitrogens with zero attached hydrogens (tertiary/aromatic N) is 5. The van der Waals surface area contributed by atoms with Crippen LogP contribution in [0, 0.1) is 17.7 Å². The van der Waals surface area contributed by atoms with Gasteiger partial charge >= 0.3 is 6.03 Å². The summed E-state index contributed by atoms with van der Waals surface area (Å²) in [6.07, 6.45) is 6.28. The van der Waals surface area contributed by atoms with Crippen molar-refractivity contribution in [3.63, 3.8) is 0 Å². The number of piperazine rings is 1. The van der Waals surface area contributed by atoms with E-state index in [1.54, 1.807) is 21.7 Å². The first-order chi connectivity index (χ1) is 25.8. The van der Waals surface area contributed by atoms with Gasteiger partial charge in [-0.05, 0) is 112 Å². The minimum atomic E-state index is -0.809. The highest BCUT2D eigenvalue weighted by atomic mass is 19.1. The second kappa shape index (κ2) is 15.1. The monoisotopic (exact) mass is 723 g/mol. The number of fused-ring (bicyclic) bond motifs is 1. The van der Waals surface area contributed by atoms with Gasteiger partial charge in [0.25, 0.3) is 5.56 Å². The zero-order chi connectivity index (χ0) is 36.5. The number of anilines is 2. The van der Waals surface area contributed by atoms with E-state index in [-0.39, 0.29) is 17.5 Å². The summed E-state index contributed by atoms with van der Waals surface area (Å²) in [6.45, 7) is 5.50. The molecular weight excluding hydrogens is 677 g/mol. The molecule has 2 N–H and O–H groups in total.